The molecule has 2 aromatic carbocycles. The second-order valence-electron chi connectivity index (χ2n) is 7.81. The molecule has 1 amide bonds. The molecule has 5 nitrogen and oxygen atoms in total. The molecule has 2 heterocycles. The van der Waals surface area contributed by atoms with Crippen molar-refractivity contribution in [2.24, 2.45) is 0 Å². The van der Waals surface area contributed by atoms with Crippen LogP contribution in [0.5, 0.6) is 11.5 Å². The fourth-order valence-corrected chi connectivity index (χ4v) is 3.89. The SMILES string of the molecule is CC(=O)NC(C)CCc1ccc(C2CN(c3ccc4c(c3)OCCO4)C2)cc1. The van der Waals surface area contributed by atoms with Gasteiger partial charge in [0, 0.05) is 43.7 Å². The molecule has 0 spiro atoms. The van der Waals surface area contributed by atoms with Crippen molar-refractivity contribution in [1.82, 2.24) is 5.32 Å². The van der Waals surface area contributed by atoms with Crippen LogP contribution in [0.2, 0.25) is 0 Å². The minimum atomic E-state index is 0.0374. The number of fused-ring (bicyclic) bond motifs is 1. The minimum Gasteiger partial charge on any atom is -0.486 e. The highest BCUT2D eigenvalue weighted by Crippen LogP contribution is 2.38. The number of hydrogen-bond acceptors (Lipinski definition) is 4. The summed E-state index contributed by atoms with van der Waals surface area (Å²) in [5.74, 6) is 2.30. The maximum absolute atomic E-state index is 11.1. The van der Waals surface area contributed by atoms with Crippen LogP contribution in [0, 0.1) is 0 Å². The smallest absolute Gasteiger partial charge is 0.217 e. The monoisotopic (exact) mass is 380 g/mol. The van der Waals surface area contributed by atoms with E-state index in [0.29, 0.717) is 19.1 Å². The number of aryl methyl sites for hydroxylation is 1. The fourth-order valence-electron chi connectivity index (χ4n) is 3.89. The van der Waals surface area contributed by atoms with E-state index in [0.717, 1.165) is 37.4 Å². The van der Waals surface area contributed by atoms with Gasteiger partial charge in [0.05, 0.1) is 0 Å². The molecular formula is C23H28N2O3. The Morgan fingerprint density at radius 2 is 1.82 bits per heavy atom. The molecule has 0 saturated carbocycles. The average Bonchev–Trinajstić information content (AvgIpc) is 2.65. The zero-order valence-corrected chi connectivity index (χ0v) is 16.6. The van der Waals surface area contributed by atoms with Crippen molar-refractivity contribution < 1.29 is 14.3 Å². The van der Waals surface area contributed by atoms with Crippen molar-refractivity contribution in [2.45, 2.75) is 38.6 Å². The number of nitrogens with zero attached hydrogens (tertiary/aromatic N) is 1. The molecule has 0 radical (unpaired) electrons. The molecule has 148 valence electrons. The molecular weight excluding hydrogens is 352 g/mol. The fraction of sp³-hybridized carbons (Fsp3) is 0.435. The van der Waals surface area contributed by atoms with Gasteiger partial charge in [-0.25, -0.2) is 0 Å². The first kappa shape index (κ1) is 18.7. The van der Waals surface area contributed by atoms with Gasteiger partial charge < -0.3 is 19.7 Å². The van der Waals surface area contributed by atoms with E-state index in [2.05, 4.69) is 53.5 Å². The summed E-state index contributed by atoms with van der Waals surface area (Å²) in [5.41, 5.74) is 3.92. The highest BCUT2D eigenvalue weighted by molar-refractivity contribution is 5.73. The minimum absolute atomic E-state index is 0.0374. The zero-order valence-electron chi connectivity index (χ0n) is 16.6. The third kappa shape index (κ3) is 4.24. The van der Waals surface area contributed by atoms with Gasteiger partial charge in [-0.15, -0.1) is 0 Å². The Morgan fingerprint density at radius 1 is 1.11 bits per heavy atom. The van der Waals surface area contributed by atoms with Gasteiger partial charge in [-0.1, -0.05) is 24.3 Å². The molecule has 1 fully saturated rings. The van der Waals surface area contributed by atoms with Gasteiger partial charge in [0.15, 0.2) is 11.5 Å². The van der Waals surface area contributed by atoms with Crippen molar-refractivity contribution >= 4 is 11.6 Å². The molecule has 28 heavy (non-hydrogen) atoms. The number of carbonyl (C=O) groups is 1. The first-order valence-corrected chi connectivity index (χ1v) is 10.1. The molecule has 0 aliphatic carbocycles. The van der Waals surface area contributed by atoms with Gasteiger partial charge in [0.1, 0.15) is 13.2 Å². The first-order valence-electron chi connectivity index (χ1n) is 10.1. The highest BCUT2D eigenvalue weighted by Gasteiger charge is 2.29. The van der Waals surface area contributed by atoms with Crippen molar-refractivity contribution in [3.63, 3.8) is 0 Å². The number of ether oxygens (including phenoxy) is 2. The molecule has 2 aromatic rings. The quantitative estimate of drug-likeness (QED) is 0.833. The van der Waals surface area contributed by atoms with E-state index in [1.54, 1.807) is 6.92 Å². The molecule has 1 N–H and O–H groups in total. The lowest BCUT2D eigenvalue weighted by molar-refractivity contribution is -0.119. The maximum Gasteiger partial charge on any atom is 0.217 e. The zero-order chi connectivity index (χ0) is 19.5. The van der Waals surface area contributed by atoms with Crippen LogP contribution in [0.4, 0.5) is 5.69 Å². The topological polar surface area (TPSA) is 50.8 Å². The number of nitrogens with one attached hydrogen (secondary N) is 1. The van der Waals surface area contributed by atoms with Gasteiger partial charge in [-0.2, -0.15) is 0 Å². The van der Waals surface area contributed by atoms with E-state index < -0.39 is 0 Å². The predicted molar refractivity (Wildman–Crippen MR) is 110 cm³/mol. The molecule has 4 rings (SSSR count). The lowest BCUT2D eigenvalue weighted by Crippen LogP contribution is -2.45. The Morgan fingerprint density at radius 3 is 2.54 bits per heavy atom. The standard InChI is InChI=1S/C23H28N2O3/c1-16(24-17(2)26)3-4-18-5-7-19(8-6-18)20-14-25(15-20)21-9-10-22-23(13-21)28-12-11-27-22/h5-10,13,16,20H,3-4,11-12,14-15H2,1-2H3,(H,24,26). The van der Waals surface area contributed by atoms with E-state index in [1.165, 1.54) is 16.8 Å². The normalized spacial score (nSPS) is 17.0. The van der Waals surface area contributed by atoms with Gasteiger partial charge >= 0.3 is 0 Å². The van der Waals surface area contributed by atoms with Crippen molar-refractivity contribution in [2.75, 3.05) is 31.2 Å². The van der Waals surface area contributed by atoms with E-state index in [4.69, 9.17) is 9.47 Å². The Kier molecular flexibility index (Phi) is 5.42. The molecule has 1 unspecified atom stereocenters. The van der Waals surface area contributed by atoms with Crippen molar-refractivity contribution in [3.8, 4) is 11.5 Å². The largest absolute Gasteiger partial charge is 0.486 e. The van der Waals surface area contributed by atoms with Gasteiger partial charge in [0.2, 0.25) is 5.91 Å². The number of rotatable bonds is 6. The van der Waals surface area contributed by atoms with Crippen LogP contribution in [0.25, 0.3) is 0 Å². The van der Waals surface area contributed by atoms with Gasteiger partial charge in [-0.05, 0) is 43.0 Å². The molecule has 0 bridgehead atoms. The summed E-state index contributed by atoms with van der Waals surface area (Å²) in [4.78, 5) is 13.5. The second-order valence-corrected chi connectivity index (χ2v) is 7.81. The van der Waals surface area contributed by atoms with Crippen molar-refractivity contribution in [3.05, 3.63) is 53.6 Å². The first-order chi connectivity index (χ1) is 13.6. The van der Waals surface area contributed by atoms with Crippen LogP contribution in [-0.2, 0) is 11.2 Å². The number of anilines is 1. The van der Waals surface area contributed by atoms with Crippen LogP contribution in [0.3, 0.4) is 0 Å². The van der Waals surface area contributed by atoms with Crippen LogP contribution in [0.15, 0.2) is 42.5 Å². The number of benzene rings is 2. The number of hydrogen-bond donors (Lipinski definition) is 1. The van der Waals surface area contributed by atoms with Crippen LogP contribution in [0.1, 0.15) is 37.3 Å². The van der Waals surface area contributed by atoms with E-state index in [1.807, 2.05) is 6.07 Å². The summed E-state index contributed by atoms with van der Waals surface area (Å²) in [7, 11) is 0. The van der Waals surface area contributed by atoms with Crippen molar-refractivity contribution in [1.29, 1.82) is 0 Å². The van der Waals surface area contributed by atoms with Crippen LogP contribution in [-0.4, -0.2) is 38.3 Å². The summed E-state index contributed by atoms with van der Waals surface area (Å²) in [6.07, 6.45) is 1.94. The number of carbonyl (C=O) groups excluding carboxylic acids is 1. The summed E-state index contributed by atoms with van der Waals surface area (Å²) in [6, 6.07) is 15.4. The summed E-state index contributed by atoms with van der Waals surface area (Å²) in [5, 5.41) is 2.94. The van der Waals surface area contributed by atoms with E-state index in [9.17, 15) is 4.79 Å². The van der Waals surface area contributed by atoms with Gasteiger partial charge in [0.25, 0.3) is 0 Å². The second kappa shape index (κ2) is 8.13. The lowest BCUT2D eigenvalue weighted by Gasteiger charge is -2.41. The van der Waals surface area contributed by atoms with E-state index >= 15 is 0 Å². The third-order valence-corrected chi connectivity index (χ3v) is 5.54. The number of amides is 1. The van der Waals surface area contributed by atoms with Crippen LogP contribution >= 0.6 is 0 Å². The Balaban J connectivity index is 1.29. The van der Waals surface area contributed by atoms with E-state index in [-0.39, 0.29) is 11.9 Å². The molecule has 2 aliphatic rings. The molecule has 1 atom stereocenters. The Hall–Kier alpha value is -2.69. The van der Waals surface area contributed by atoms with Gasteiger partial charge in [-0.3, -0.25) is 4.79 Å². The summed E-state index contributed by atoms with van der Waals surface area (Å²) in [6.45, 7) is 6.92. The molecule has 2 aliphatic heterocycles. The Bertz CT molecular complexity index is 828. The predicted octanol–water partition coefficient (Wildman–Crippen LogP) is 3.52. The average molecular weight is 380 g/mol. The third-order valence-electron chi connectivity index (χ3n) is 5.54. The summed E-state index contributed by atoms with van der Waals surface area (Å²) >= 11 is 0. The lowest BCUT2D eigenvalue weighted by atomic mass is 9.90. The summed E-state index contributed by atoms with van der Waals surface area (Å²) < 4.78 is 11.3. The van der Waals surface area contributed by atoms with Crippen LogP contribution < -0.4 is 19.7 Å². The molecule has 0 aromatic heterocycles. The highest BCUT2D eigenvalue weighted by atomic mass is 16.6. The maximum atomic E-state index is 11.1. The Labute approximate surface area is 166 Å². The molecule has 1 saturated heterocycles. The molecule has 5 heteroatoms.